The number of rotatable bonds is 5. The number of aromatic nitrogens is 4. The summed E-state index contributed by atoms with van der Waals surface area (Å²) < 4.78 is 1.83. The lowest BCUT2D eigenvalue weighted by molar-refractivity contribution is 0.0779. The highest BCUT2D eigenvalue weighted by molar-refractivity contribution is 5.93. The van der Waals surface area contributed by atoms with Gasteiger partial charge >= 0.3 is 0 Å². The quantitative estimate of drug-likeness (QED) is 0.767. The van der Waals surface area contributed by atoms with Gasteiger partial charge in [0.05, 0.1) is 11.4 Å². The maximum absolute atomic E-state index is 12.7. The van der Waals surface area contributed by atoms with E-state index in [0.717, 1.165) is 34.6 Å². The van der Waals surface area contributed by atoms with Crippen molar-refractivity contribution in [2.75, 3.05) is 7.05 Å². The van der Waals surface area contributed by atoms with Crippen molar-refractivity contribution >= 4 is 5.91 Å². The molecule has 0 radical (unpaired) electrons. The molecular formula is C20H25N5O. The molecule has 1 N–H and O–H groups in total. The fraction of sp³-hybridized carbons (Fsp3) is 0.350. The lowest BCUT2D eigenvalue weighted by Gasteiger charge is -2.16. The highest BCUT2D eigenvalue weighted by Gasteiger charge is 2.19. The van der Waals surface area contributed by atoms with E-state index in [-0.39, 0.29) is 5.91 Å². The van der Waals surface area contributed by atoms with Crippen LogP contribution in [0.25, 0.3) is 11.3 Å². The second-order valence-corrected chi connectivity index (χ2v) is 6.67. The molecule has 0 bridgehead atoms. The molecule has 136 valence electrons. The molecule has 0 atom stereocenters. The number of aromatic amines is 1. The summed E-state index contributed by atoms with van der Waals surface area (Å²) in [6, 6.07) is 10.2. The molecule has 26 heavy (non-hydrogen) atoms. The van der Waals surface area contributed by atoms with Gasteiger partial charge in [-0.1, -0.05) is 31.2 Å². The van der Waals surface area contributed by atoms with Gasteiger partial charge in [0.1, 0.15) is 5.69 Å². The summed E-state index contributed by atoms with van der Waals surface area (Å²) in [6.07, 6.45) is 1.01. The van der Waals surface area contributed by atoms with Gasteiger partial charge in [0.2, 0.25) is 0 Å². The van der Waals surface area contributed by atoms with Crippen molar-refractivity contribution in [2.45, 2.75) is 33.7 Å². The van der Waals surface area contributed by atoms with E-state index in [1.54, 1.807) is 18.0 Å². The van der Waals surface area contributed by atoms with Gasteiger partial charge in [-0.2, -0.15) is 10.2 Å². The van der Waals surface area contributed by atoms with Crippen molar-refractivity contribution in [2.24, 2.45) is 7.05 Å². The molecule has 2 aromatic heterocycles. The Balaban J connectivity index is 1.76. The fourth-order valence-corrected chi connectivity index (χ4v) is 3.14. The number of amides is 1. The third-order valence-electron chi connectivity index (χ3n) is 4.77. The van der Waals surface area contributed by atoms with Crippen molar-refractivity contribution in [3.8, 4) is 11.3 Å². The molecule has 0 spiro atoms. The highest BCUT2D eigenvalue weighted by atomic mass is 16.2. The Morgan fingerprint density at radius 2 is 1.85 bits per heavy atom. The van der Waals surface area contributed by atoms with E-state index in [0.29, 0.717) is 12.2 Å². The lowest BCUT2D eigenvalue weighted by atomic mass is 10.1. The van der Waals surface area contributed by atoms with Gasteiger partial charge in [-0.15, -0.1) is 0 Å². The Kier molecular flexibility index (Phi) is 4.93. The lowest BCUT2D eigenvalue weighted by Crippen LogP contribution is -2.26. The van der Waals surface area contributed by atoms with Gasteiger partial charge in [-0.3, -0.25) is 14.6 Å². The first kappa shape index (κ1) is 17.9. The minimum atomic E-state index is -0.0810. The SMILES string of the molecule is CCc1ccc(CN(C)C(=O)c2cc(-c3c(C)nn(C)c3C)n[nH]2)cc1. The van der Waals surface area contributed by atoms with Crippen LogP contribution in [0.2, 0.25) is 0 Å². The summed E-state index contributed by atoms with van der Waals surface area (Å²) in [5, 5.41) is 11.6. The monoisotopic (exact) mass is 351 g/mol. The van der Waals surface area contributed by atoms with E-state index in [4.69, 9.17) is 0 Å². The third kappa shape index (κ3) is 3.40. The first-order valence-corrected chi connectivity index (χ1v) is 8.80. The molecule has 1 aromatic carbocycles. The van der Waals surface area contributed by atoms with Crippen LogP contribution in [0.5, 0.6) is 0 Å². The van der Waals surface area contributed by atoms with Gasteiger partial charge < -0.3 is 4.90 Å². The predicted molar refractivity (Wildman–Crippen MR) is 102 cm³/mol. The summed E-state index contributed by atoms with van der Waals surface area (Å²) in [6.45, 7) is 6.64. The topological polar surface area (TPSA) is 66.8 Å². The van der Waals surface area contributed by atoms with Crippen LogP contribution in [0.15, 0.2) is 30.3 Å². The zero-order chi connectivity index (χ0) is 18.8. The molecule has 3 aromatic rings. The molecule has 0 aliphatic carbocycles. The van der Waals surface area contributed by atoms with Crippen LogP contribution >= 0.6 is 0 Å². The average molecular weight is 351 g/mol. The Labute approximate surface area is 153 Å². The first-order chi connectivity index (χ1) is 12.4. The number of benzene rings is 1. The summed E-state index contributed by atoms with van der Waals surface area (Å²) in [7, 11) is 3.71. The second-order valence-electron chi connectivity index (χ2n) is 6.67. The zero-order valence-corrected chi connectivity index (χ0v) is 16.0. The molecule has 0 saturated heterocycles. The van der Waals surface area contributed by atoms with Crippen molar-refractivity contribution in [1.29, 1.82) is 0 Å². The van der Waals surface area contributed by atoms with Crippen LogP contribution in [0.1, 0.15) is 39.9 Å². The summed E-state index contributed by atoms with van der Waals surface area (Å²) in [5.74, 6) is -0.0810. The molecule has 6 nitrogen and oxygen atoms in total. The van der Waals surface area contributed by atoms with Crippen LogP contribution in [0.3, 0.4) is 0 Å². The minimum Gasteiger partial charge on any atom is -0.336 e. The van der Waals surface area contributed by atoms with E-state index >= 15 is 0 Å². The first-order valence-electron chi connectivity index (χ1n) is 8.80. The molecule has 0 saturated carbocycles. The molecule has 0 aliphatic heterocycles. The van der Waals surface area contributed by atoms with Crippen molar-refractivity contribution in [3.05, 3.63) is 58.5 Å². The van der Waals surface area contributed by atoms with Crippen LogP contribution in [-0.4, -0.2) is 37.8 Å². The van der Waals surface area contributed by atoms with Gasteiger partial charge in [-0.25, -0.2) is 0 Å². The summed E-state index contributed by atoms with van der Waals surface area (Å²) >= 11 is 0. The molecule has 6 heteroatoms. The molecular weight excluding hydrogens is 326 g/mol. The van der Waals surface area contributed by atoms with Gasteiger partial charge in [0, 0.05) is 31.9 Å². The number of aryl methyl sites for hydroxylation is 3. The molecule has 1 amide bonds. The number of nitrogens with one attached hydrogen (secondary N) is 1. The van der Waals surface area contributed by atoms with Crippen molar-refractivity contribution < 1.29 is 4.79 Å². The van der Waals surface area contributed by atoms with E-state index in [9.17, 15) is 4.79 Å². The molecule has 0 fully saturated rings. The van der Waals surface area contributed by atoms with Crippen LogP contribution in [0, 0.1) is 13.8 Å². The van der Waals surface area contributed by atoms with E-state index in [1.807, 2.05) is 25.6 Å². The van der Waals surface area contributed by atoms with Gasteiger partial charge in [0.25, 0.3) is 5.91 Å². The second kappa shape index (κ2) is 7.15. The summed E-state index contributed by atoms with van der Waals surface area (Å²) in [5.41, 5.74) is 6.53. The zero-order valence-electron chi connectivity index (χ0n) is 16.0. The van der Waals surface area contributed by atoms with E-state index < -0.39 is 0 Å². The normalized spacial score (nSPS) is 11.0. The Morgan fingerprint density at radius 1 is 1.19 bits per heavy atom. The number of carbonyl (C=O) groups is 1. The van der Waals surface area contributed by atoms with Crippen molar-refractivity contribution in [3.63, 3.8) is 0 Å². The average Bonchev–Trinajstić information content (AvgIpc) is 3.19. The number of hydrogen-bond acceptors (Lipinski definition) is 3. The summed E-state index contributed by atoms with van der Waals surface area (Å²) in [4.78, 5) is 14.4. The molecule has 0 unspecified atom stereocenters. The van der Waals surface area contributed by atoms with E-state index in [2.05, 4.69) is 46.5 Å². The number of hydrogen-bond donors (Lipinski definition) is 1. The van der Waals surface area contributed by atoms with Crippen LogP contribution in [-0.2, 0) is 20.0 Å². The Hall–Kier alpha value is -2.89. The highest BCUT2D eigenvalue weighted by Crippen LogP contribution is 2.25. The smallest absolute Gasteiger partial charge is 0.271 e. The van der Waals surface area contributed by atoms with Gasteiger partial charge in [0.15, 0.2) is 0 Å². The standard InChI is InChI=1S/C20H25N5O/c1-6-15-7-9-16(10-8-15)12-24(4)20(26)18-11-17(21-22-18)19-13(2)23-25(5)14(19)3/h7-11H,6,12H2,1-5H3,(H,21,22). The number of carbonyl (C=O) groups excluding carboxylic acids is 1. The molecule has 2 heterocycles. The van der Waals surface area contributed by atoms with Crippen LogP contribution in [0.4, 0.5) is 0 Å². The number of H-pyrrole nitrogens is 1. The predicted octanol–water partition coefficient (Wildman–Crippen LogP) is 3.26. The Morgan fingerprint density at radius 3 is 2.42 bits per heavy atom. The van der Waals surface area contributed by atoms with E-state index in [1.165, 1.54) is 5.56 Å². The maximum Gasteiger partial charge on any atom is 0.271 e. The molecule has 3 rings (SSSR count). The van der Waals surface area contributed by atoms with Crippen molar-refractivity contribution in [1.82, 2.24) is 24.9 Å². The minimum absolute atomic E-state index is 0.0810. The maximum atomic E-state index is 12.7. The van der Waals surface area contributed by atoms with Gasteiger partial charge in [-0.05, 0) is 37.5 Å². The fourth-order valence-electron chi connectivity index (χ4n) is 3.14. The third-order valence-corrected chi connectivity index (χ3v) is 4.77. The Bertz CT molecular complexity index is 920. The van der Waals surface area contributed by atoms with Crippen LogP contribution < -0.4 is 0 Å². The molecule has 0 aliphatic rings. The number of nitrogens with zero attached hydrogens (tertiary/aromatic N) is 4. The largest absolute Gasteiger partial charge is 0.336 e.